The van der Waals surface area contributed by atoms with Crippen molar-refractivity contribution in [1.29, 1.82) is 0 Å². The maximum Gasteiger partial charge on any atom is 0.104 e. The second kappa shape index (κ2) is 8.87. The SMILES string of the molecule is CC(C)N(CC(O)COCCOCC1CO1)C(C)C. The van der Waals surface area contributed by atoms with Gasteiger partial charge in [-0.2, -0.15) is 0 Å². The molecule has 0 aliphatic carbocycles. The van der Waals surface area contributed by atoms with Crippen molar-refractivity contribution in [3.05, 3.63) is 0 Å². The zero-order chi connectivity index (χ0) is 14.3. The molecule has 2 atom stereocenters. The third-order valence-corrected chi connectivity index (χ3v) is 3.14. The summed E-state index contributed by atoms with van der Waals surface area (Å²) >= 11 is 0. The highest BCUT2D eigenvalue weighted by atomic mass is 16.6. The fraction of sp³-hybridized carbons (Fsp3) is 1.00. The van der Waals surface area contributed by atoms with Gasteiger partial charge in [-0.05, 0) is 27.7 Å². The van der Waals surface area contributed by atoms with Crippen molar-refractivity contribution < 1.29 is 19.3 Å². The lowest BCUT2D eigenvalue weighted by atomic mass is 10.2. The standard InChI is InChI=1S/C14H29NO4/c1-11(2)15(12(3)4)7-13(16)8-17-5-6-18-9-14-10-19-14/h11-14,16H,5-10H2,1-4H3. The maximum absolute atomic E-state index is 9.94. The van der Waals surface area contributed by atoms with Crippen LogP contribution in [0.1, 0.15) is 27.7 Å². The first-order valence-corrected chi connectivity index (χ1v) is 7.21. The normalized spacial score (nSPS) is 20.5. The number of rotatable bonds is 11. The number of ether oxygens (including phenoxy) is 3. The number of hydrogen-bond donors (Lipinski definition) is 1. The molecule has 1 saturated heterocycles. The summed E-state index contributed by atoms with van der Waals surface area (Å²) in [7, 11) is 0. The zero-order valence-corrected chi connectivity index (χ0v) is 12.7. The first-order valence-electron chi connectivity index (χ1n) is 7.21. The Labute approximate surface area is 116 Å². The van der Waals surface area contributed by atoms with Gasteiger partial charge in [0.1, 0.15) is 6.10 Å². The average molecular weight is 275 g/mol. The lowest BCUT2D eigenvalue weighted by Crippen LogP contribution is -2.43. The summed E-state index contributed by atoms with van der Waals surface area (Å²) in [6.07, 6.45) is -0.146. The van der Waals surface area contributed by atoms with Crippen LogP contribution >= 0.6 is 0 Å². The summed E-state index contributed by atoms with van der Waals surface area (Å²) in [5.41, 5.74) is 0. The van der Waals surface area contributed by atoms with E-state index < -0.39 is 6.10 Å². The van der Waals surface area contributed by atoms with Crippen LogP contribution < -0.4 is 0 Å². The Hall–Kier alpha value is -0.200. The second-order valence-corrected chi connectivity index (χ2v) is 5.64. The van der Waals surface area contributed by atoms with Crippen LogP contribution in [0, 0.1) is 0 Å². The van der Waals surface area contributed by atoms with Gasteiger partial charge in [-0.1, -0.05) is 0 Å². The second-order valence-electron chi connectivity index (χ2n) is 5.64. The van der Waals surface area contributed by atoms with Crippen molar-refractivity contribution in [2.45, 2.75) is 52.0 Å². The summed E-state index contributed by atoms with van der Waals surface area (Å²) in [6.45, 7) is 12.1. The van der Waals surface area contributed by atoms with Crippen LogP contribution in [0.4, 0.5) is 0 Å². The van der Waals surface area contributed by atoms with E-state index in [1.54, 1.807) is 0 Å². The van der Waals surface area contributed by atoms with Crippen molar-refractivity contribution in [3.63, 3.8) is 0 Å². The molecule has 1 aliphatic heterocycles. The highest BCUT2D eigenvalue weighted by Gasteiger charge is 2.22. The predicted molar refractivity (Wildman–Crippen MR) is 74.4 cm³/mol. The van der Waals surface area contributed by atoms with Crippen molar-refractivity contribution in [2.75, 3.05) is 39.6 Å². The Morgan fingerprint density at radius 1 is 1.16 bits per heavy atom. The lowest BCUT2D eigenvalue weighted by Gasteiger charge is -2.32. The molecule has 0 radical (unpaired) electrons. The van der Waals surface area contributed by atoms with Gasteiger partial charge in [0, 0.05) is 18.6 Å². The van der Waals surface area contributed by atoms with E-state index in [1.165, 1.54) is 0 Å². The van der Waals surface area contributed by atoms with Gasteiger partial charge in [-0.25, -0.2) is 0 Å². The Morgan fingerprint density at radius 3 is 2.26 bits per heavy atom. The van der Waals surface area contributed by atoms with Gasteiger partial charge < -0.3 is 19.3 Å². The van der Waals surface area contributed by atoms with Crippen LogP contribution in [0.15, 0.2) is 0 Å². The van der Waals surface area contributed by atoms with E-state index in [0.717, 1.165) is 6.61 Å². The summed E-state index contributed by atoms with van der Waals surface area (Å²) in [5, 5.41) is 9.94. The molecule has 1 rings (SSSR count). The molecule has 19 heavy (non-hydrogen) atoms. The zero-order valence-electron chi connectivity index (χ0n) is 12.7. The van der Waals surface area contributed by atoms with E-state index in [-0.39, 0.29) is 0 Å². The number of aliphatic hydroxyl groups excluding tert-OH is 1. The molecule has 0 spiro atoms. The third-order valence-electron chi connectivity index (χ3n) is 3.14. The summed E-state index contributed by atoms with van der Waals surface area (Å²) in [5.74, 6) is 0. The minimum Gasteiger partial charge on any atom is -0.389 e. The van der Waals surface area contributed by atoms with Crippen molar-refractivity contribution in [3.8, 4) is 0 Å². The smallest absolute Gasteiger partial charge is 0.104 e. The van der Waals surface area contributed by atoms with Crippen LogP contribution in [0.25, 0.3) is 0 Å². The van der Waals surface area contributed by atoms with E-state index in [2.05, 4.69) is 32.6 Å². The minimum atomic E-state index is -0.448. The molecule has 0 amide bonds. The first kappa shape index (κ1) is 16.9. The molecule has 0 saturated carbocycles. The molecule has 5 nitrogen and oxygen atoms in total. The van der Waals surface area contributed by atoms with E-state index in [0.29, 0.717) is 51.2 Å². The number of nitrogens with zero attached hydrogens (tertiary/aromatic N) is 1. The van der Waals surface area contributed by atoms with E-state index in [4.69, 9.17) is 14.2 Å². The summed E-state index contributed by atoms with van der Waals surface area (Å²) in [4.78, 5) is 2.26. The fourth-order valence-electron chi connectivity index (χ4n) is 2.03. The molecule has 1 fully saturated rings. The molecular weight excluding hydrogens is 246 g/mol. The number of epoxide rings is 1. The molecule has 0 bridgehead atoms. The fourth-order valence-corrected chi connectivity index (χ4v) is 2.03. The van der Waals surface area contributed by atoms with Crippen molar-refractivity contribution in [2.24, 2.45) is 0 Å². The molecule has 1 aliphatic rings. The van der Waals surface area contributed by atoms with Crippen LogP contribution in [-0.4, -0.2) is 73.9 Å². The van der Waals surface area contributed by atoms with Gasteiger partial charge in [0.15, 0.2) is 0 Å². The largest absolute Gasteiger partial charge is 0.389 e. The molecule has 1 N–H and O–H groups in total. The molecule has 0 aromatic heterocycles. The van der Waals surface area contributed by atoms with Gasteiger partial charge in [0.25, 0.3) is 0 Å². The minimum absolute atomic E-state index is 0.302. The van der Waals surface area contributed by atoms with E-state index in [9.17, 15) is 5.11 Å². The number of hydrogen-bond acceptors (Lipinski definition) is 5. The van der Waals surface area contributed by atoms with Crippen molar-refractivity contribution in [1.82, 2.24) is 4.90 Å². The molecule has 2 unspecified atom stereocenters. The molecule has 1 heterocycles. The summed E-state index contributed by atoms with van der Waals surface area (Å²) < 4.78 is 15.8. The Bertz CT molecular complexity index is 223. The highest BCUT2D eigenvalue weighted by Crippen LogP contribution is 2.08. The van der Waals surface area contributed by atoms with Gasteiger partial charge in [-0.15, -0.1) is 0 Å². The van der Waals surface area contributed by atoms with Gasteiger partial charge in [0.2, 0.25) is 0 Å². The molecule has 5 heteroatoms. The molecular formula is C14H29NO4. The topological polar surface area (TPSA) is 54.5 Å². The van der Waals surface area contributed by atoms with Gasteiger partial charge >= 0.3 is 0 Å². The molecule has 0 aromatic carbocycles. The van der Waals surface area contributed by atoms with Crippen LogP contribution in [0.5, 0.6) is 0 Å². The van der Waals surface area contributed by atoms with Gasteiger partial charge in [0.05, 0.1) is 39.1 Å². The first-order chi connectivity index (χ1) is 9.00. The Balaban J connectivity index is 2.00. The van der Waals surface area contributed by atoms with E-state index >= 15 is 0 Å². The van der Waals surface area contributed by atoms with E-state index in [1.807, 2.05) is 0 Å². The quantitative estimate of drug-likeness (QED) is 0.448. The molecule has 0 aromatic rings. The van der Waals surface area contributed by atoms with Crippen molar-refractivity contribution >= 4 is 0 Å². The van der Waals surface area contributed by atoms with Gasteiger partial charge in [-0.3, -0.25) is 4.90 Å². The predicted octanol–water partition coefficient (Wildman–Crippen LogP) is 0.898. The Morgan fingerprint density at radius 2 is 1.74 bits per heavy atom. The Kier molecular flexibility index (Phi) is 7.87. The summed E-state index contributed by atoms with van der Waals surface area (Å²) in [6, 6.07) is 0.855. The molecule has 114 valence electrons. The van der Waals surface area contributed by atoms with Crippen LogP contribution in [0.2, 0.25) is 0 Å². The monoisotopic (exact) mass is 275 g/mol. The van der Waals surface area contributed by atoms with Crippen LogP contribution in [-0.2, 0) is 14.2 Å². The number of aliphatic hydroxyl groups is 1. The highest BCUT2D eigenvalue weighted by molar-refractivity contribution is 4.71. The average Bonchev–Trinajstić information content (AvgIpc) is 3.13. The van der Waals surface area contributed by atoms with Crippen LogP contribution in [0.3, 0.4) is 0 Å². The maximum atomic E-state index is 9.94. The lowest BCUT2D eigenvalue weighted by molar-refractivity contribution is -0.0165. The third kappa shape index (κ3) is 7.84.